The number of nitrogens with zero attached hydrogens (tertiary/aromatic N) is 1. The second-order valence-electron chi connectivity index (χ2n) is 5.08. The van der Waals surface area contributed by atoms with Crippen molar-refractivity contribution < 1.29 is 9.53 Å². The fourth-order valence-electron chi connectivity index (χ4n) is 2.17. The van der Waals surface area contributed by atoms with Crippen molar-refractivity contribution in [3.63, 3.8) is 0 Å². The van der Waals surface area contributed by atoms with E-state index in [1.807, 2.05) is 18.2 Å². The molecule has 90 valence electrons. The molecule has 1 fully saturated rings. The van der Waals surface area contributed by atoms with Crippen molar-refractivity contribution in [1.82, 2.24) is 0 Å². The van der Waals surface area contributed by atoms with Gasteiger partial charge in [-0.05, 0) is 37.0 Å². The van der Waals surface area contributed by atoms with Gasteiger partial charge in [0.05, 0.1) is 5.69 Å². The second-order valence-corrected chi connectivity index (χ2v) is 5.08. The molecule has 1 aliphatic heterocycles. The van der Waals surface area contributed by atoms with Crippen LogP contribution in [0.15, 0.2) is 18.2 Å². The number of ether oxygens (including phenoxy) is 1. The van der Waals surface area contributed by atoms with E-state index in [2.05, 4.69) is 0 Å². The van der Waals surface area contributed by atoms with E-state index in [9.17, 15) is 4.79 Å². The summed E-state index contributed by atoms with van der Waals surface area (Å²) in [5.74, 6) is 0.765. The largest absolute Gasteiger partial charge is 0.482 e. The maximum atomic E-state index is 11.5. The second kappa shape index (κ2) is 3.47. The lowest BCUT2D eigenvalue weighted by atomic mass is 10.0. The zero-order chi connectivity index (χ0) is 12.0. The molecule has 1 aliphatic carbocycles. The van der Waals surface area contributed by atoms with E-state index in [0.717, 1.165) is 30.7 Å². The topological polar surface area (TPSA) is 55.6 Å². The number of carbonyl (C=O) groups is 1. The zero-order valence-electron chi connectivity index (χ0n) is 9.90. The summed E-state index contributed by atoms with van der Waals surface area (Å²) in [5, 5.41) is 0. The van der Waals surface area contributed by atoms with E-state index in [1.165, 1.54) is 5.56 Å². The van der Waals surface area contributed by atoms with Crippen molar-refractivity contribution >= 4 is 11.6 Å². The molecule has 0 aromatic heterocycles. The molecule has 0 saturated heterocycles. The predicted octanol–water partition coefficient (Wildman–Crippen LogP) is 1.08. The van der Waals surface area contributed by atoms with Crippen molar-refractivity contribution in [2.45, 2.75) is 24.8 Å². The number of hydrogen-bond acceptors (Lipinski definition) is 3. The first kappa shape index (κ1) is 10.6. The molecule has 0 atom stereocenters. The molecule has 0 radical (unpaired) electrons. The molecule has 1 saturated carbocycles. The highest BCUT2D eigenvalue weighted by Crippen LogP contribution is 2.38. The Balaban J connectivity index is 1.91. The van der Waals surface area contributed by atoms with Crippen molar-refractivity contribution in [3.8, 4) is 5.75 Å². The Bertz CT molecular complexity index is 480. The summed E-state index contributed by atoms with van der Waals surface area (Å²) in [4.78, 5) is 13.2. The van der Waals surface area contributed by atoms with Gasteiger partial charge in [-0.1, -0.05) is 6.07 Å². The van der Waals surface area contributed by atoms with Crippen LogP contribution in [0, 0.1) is 0 Å². The maximum absolute atomic E-state index is 11.5. The van der Waals surface area contributed by atoms with E-state index in [1.54, 1.807) is 11.9 Å². The van der Waals surface area contributed by atoms with Crippen LogP contribution in [0.3, 0.4) is 0 Å². The number of benzene rings is 1. The molecule has 4 nitrogen and oxygen atoms in total. The third-order valence-corrected chi connectivity index (χ3v) is 3.56. The summed E-state index contributed by atoms with van der Waals surface area (Å²) in [6, 6.07) is 5.98. The van der Waals surface area contributed by atoms with Gasteiger partial charge in [0.25, 0.3) is 5.91 Å². The summed E-state index contributed by atoms with van der Waals surface area (Å²) >= 11 is 0. The number of fused-ring (bicyclic) bond motifs is 1. The molecule has 4 heteroatoms. The molecule has 1 aromatic carbocycles. The molecule has 1 aromatic rings. The van der Waals surface area contributed by atoms with Gasteiger partial charge in [-0.2, -0.15) is 0 Å². The van der Waals surface area contributed by atoms with Crippen LogP contribution in [-0.2, 0) is 11.2 Å². The normalized spacial score (nSPS) is 20.8. The molecule has 0 bridgehead atoms. The molecule has 0 unspecified atom stereocenters. The average Bonchev–Trinajstić information content (AvgIpc) is 3.02. The monoisotopic (exact) mass is 232 g/mol. The third-order valence-electron chi connectivity index (χ3n) is 3.56. The highest BCUT2D eigenvalue weighted by molar-refractivity contribution is 5.97. The lowest BCUT2D eigenvalue weighted by molar-refractivity contribution is -0.120. The predicted molar refractivity (Wildman–Crippen MR) is 65.2 cm³/mol. The first-order valence-corrected chi connectivity index (χ1v) is 5.89. The van der Waals surface area contributed by atoms with Gasteiger partial charge in [-0.25, -0.2) is 0 Å². The van der Waals surface area contributed by atoms with Crippen LogP contribution < -0.4 is 15.4 Å². The quantitative estimate of drug-likeness (QED) is 0.830. The molecule has 0 spiro atoms. The summed E-state index contributed by atoms with van der Waals surface area (Å²) < 4.78 is 5.38. The Morgan fingerprint density at radius 1 is 1.47 bits per heavy atom. The van der Waals surface area contributed by atoms with Crippen LogP contribution in [0.25, 0.3) is 0 Å². The van der Waals surface area contributed by atoms with E-state index in [-0.39, 0.29) is 18.1 Å². The minimum absolute atomic E-state index is 0.00760. The average molecular weight is 232 g/mol. The number of likely N-dealkylation sites (N-methyl/N-ethyl adjacent to an activating group) is 1. The Hall–Kier alpha value is -1.55. The van der Waals surface area contributed by atoms with Gasteiger partial charge in [0.15, 0.2) is 6.61 Å². The Morgan fingerprint density at radius 3 is 2.94 bits per heavy atom. The smallest absolute Gasteiger partial charge is 0.264 e. The number of anilines is 1. The summed E-state index contributed by atoms with van der Waals surface area (Å²) in [7, 11) is 1.78. The first-order chi connectivity index (χ1) is 8.07. The van der Waals surface area contributed by atoms with Crippen LogP contribution in [0.2, 0.25) is 0 Å². The fraction of sp³-hybridized carbons (Fsp3) is 0.462. The SMILES string of the molecule is CN1C(=O)COc2ccc(CC3(N)CC3)cc21. The van der Waals surface area contributed by atoms with Crippen LogP contribution >= 0.6 is 0 Å². The molecular formula is C13H16N2O2. The number of hydrogen-bond donors (Lipinski definition) is 1. The number of rotatable bonds is 2. The van der Waals surface area contributed by atoms with Gasteiger partial charge in [-0.3, -0.25) is 4.79 Å². The number of nitrogens with two attached hydrogens (primary N) is 1. The lowest BCUT2D eigenvalue weighted by Crippen LogP contribution is -2.35. The van der Waals surface area contributed by atoms with Crippen LogP contribution in [0.4, 0.5) is 5.69 Å². The van der Waals surface area contributed by atoms with E-state index < -0.39 is 0 Å². The van der Waals surface area contributed by atoms with Crippen LogP contribution in [0.5, 0.6) is 5.75 Å². The first-order valence-electron chi connectivity index (χ1n) is 5.89. The maximum Gasteiger partial charge on any atom is 0.264 e. The molecule has 1 amide bonds. The van der Waals surface area contributed by atoms with Gasteiger partial charge in [-0.15, -0.1) is 0 Å². The molecule has 17 heavy (non-hydrogen) atoms. The van der Waals surface area contributed by atoms with E-state index >= 15 is 0 Å². The molecule has 1 heterocycles. The third kappa shape index (κ3) is 1.89. The van der Waals surface area contributed by atoms with Gasteiger partial charge in [0, 0.05) is 12.6 Å². The Labute approximate surface area is 100 Å². The van der Waals surface area contributed by atoms with Crippen molar-refractivity contribution in [1.29, 1.82) is 0 Å². The fourth-order valence-corrected chi connectivity index (χ4v) is 2.17. The lowest BCUT2D eigenvalue weighted by Gasteiger charge is -2.26. The highest BCUT2D eigenvalue weighted by atomic mass is 16.5. The van der Waals surface area contributed by atoms with Gasteiger partial charge in [0.2, 0.25) is 0 Å². The minimum Gasteiger partial charge on any atom is -0.482 e. The molecule has 3 rings (SSSR count). The summed E-state index contributed by atoms with van der Waals surface area (Å²) in [5.41, 5.74) is 8.12. The Kier molecular flexibility index (Phi) is 2.16. The molecule has 2 aliphatic rings. The van der Waals surface area contributed by atoms with Crippen molar-refractivity contribution in [3.05, 3.63) is 23.8 Å². The number of amides is 1. The van der Waals surface area contributed by atoms with E-state index in [0.29, 0.717) is 0 Å². The zero-order valence-corrected chi connectivity index (χ0v) is 9.90. The van der Waals surface area contributed by atoms with Crippen molar-refractivity contribution in [2.24, 2.45) is 5.73 Å². The van der Waals surface area contributed by atoms with Crippen molar-refractivity contribution in [2.75, 3.05) is 18.6 Å². The summed E-state index contributed by atoms with van der Waals surface area (Å²) in [6.45, 7) is 0.129. The van der Waals surface area contributed by atoms with Gasteiger partial charge >= 0.3 is 0 Å². The summed E-state index contributed by atoms with van der Waals surface area (Å²) in [6.07, 6.45) is 3.06. The molecule has 2 N–H and O–H groups in total. The van der Waals surface area contributed by atoms with Crippen LogP contribution in [-0.4, -0.2) is 25.1 Å². The van der Waals surface area contributed by atoms with Crippen LogP contribution in [0.1, 0.15) is 18.4 Å². The number of carbonyl (C=O) groups excluding carboxylic acids is 1. The van der Waals surface area contributed by atoms with Gasteiger partial charge in [0.1, 0.15) is 5.75 Å². The van der Waals surface area contributed by atoms with E-state index in [4.69, 9.17) is 10.5 Å². The highest BCUT2D eigenvalue weighted by Gasteiger charge is 2.38. The molecular weight excluding hydrogens is 216 g/mol. The Morgan fingerprint density at radius 2 is 2.24 bits per heavy atom. The standard InChI is InChI=1S/C13H16N2O2/c1-15-10-6-9(7-13(14)4-5-13)2-3-11(10)17-8-12(15)16/h2-3,6H,4-5,7-8,14H2,1H3. The minimum atomic E-state index is -0.0106. The van der Waals surface area contributed by atoms with Gasteiger partial charge < -0.3 is 15.4 Å².